The van der Waals surface area contributed by atoms with E-state index in [9.17, 15) is 14.7 Å². The van der Waals surface area contributed by atoms with Gasteiger partial charge in [-0.05, 0) is 79.3 Å². The van der Waals surface area contributed by atoms with Gasteiger partial charge < -0.3 is 25.1 Å². The number of nitrogens with zero attached hydrogens (tertiary/aromatic N) is 2. The van der Waals surface area contributed by atoms with Gasteiger partial charge in [0.1, 0.15) is 17.6 Å². The molecule has 1 amide bonds. The third-order valence-electron chi connectivity index (χ3n) is 6.70. The molecule has 0 spiro atoms. The first-order valence-electron chi connectivity index (χ1n) is 12.6. The number of pyridine rings is 1. The average molecular weight is 541 g/mol. The van der Waals surface area contributed by atoms with Gasteiger partial charge in [0.15, 0.2) is 5.11 Å². The number of nitrogens with one attached hydrogen (secondary N) is 2. The number of anilines is 2. The maximum Gasteiger partial charge on any atom is 0.335 e. The van der Waals surface area contributed by atoms with Crippen molar-refractivity contribution in [3.63, 3.8) is 0 Å². The zero-order chi connectivity index (χ0) is 27.7. The Hall–Kier alpha value is -4.50. The second-order valence-electron chi connectivity index (χ2n) is 9.72. The second kappa shape index (κ2) is 10.7. The van der Waals surface area contributed by atoms with E-state index < -0.39 is 5.97 Å². The monoisotopic (exact) mass is 540 g/mol. The van der Waals surface area contributed by atoms with E-state index in [1.807, 2.05) is 74.2 Å². The van der Waals surface area contributed by atoms with E-state index in [0.29, 0.717) is 16.6 Å². The molecule has 8 nitrogen and oxygen atoms in total. The van der Waals surface area contributed by atoms with Gasteiger partial charge >= 0.3 is 5.97 Å². The number of hydrogen-bond donors (Lipinski definition) is 3. The van der Waals surface area contributed by atoms with Gasteiger partial charge in [-0.3, -0.25) is 9.78 Å². The number of rotatable bonds is 7. The number of aromatic nitrogens is 1. The van der Waals surface area contributed by atoms with Crippen LogP contribution in [0.25, 0.3) is 11.3 Å². The van der Waals surface area contributed by atoms with Crippen LogP contribution < -0.4 is 15.5 Å². The number of hydrogen-bond acceptors (Lipinski definition) is 5. The lowest BCUT2D eigenvalue weighted by Gasteiger charge is -2.27. The van der Waals surface area contributed by atoms with E-state index in [1.54, 1.807) is 30.5 Å². The summed E-state index contributed by atoms with van der Waals surface area (Å²) in [6.45, 7) is 5.66. The minimum absolute atomic E-state index is 0.0446. The maximum absolute atomic E-state index is 12.3. The first-order valence-corrected chi connectivity index (χ1v) is 13.0. The van der Waals surface area contributed by atoms with Crippen LogP contribution in [0.1, 0.15) is 53.3 Å². The number of benzene rings is 2. The molecule has 2 atom stereocenters. The van der Waals surface area contributed by atoms with Gasteiger partial charge in [-0.15, -0.1) is 0 Å². The molecule has 4 aromatic rings. The molecule has 0 radical (unpaired) electrons. The highest BCUT2D eigenvalue weighted by atomic mass is 32.1. The van der Waals surface area contributed by atoms with E-state index >= 15 is 0 Å². The summed E-state index contributed by atoms with van der Waals surface area (Å²) in [5, 5.41) is 16.1. The predicted octanol–water partition coefficient (Wildman–Crippen LogP) is 6.12. The Morgan fingerprint density at radius 2 is 1.85 bits per heavy atom. The SMILES string of the molecule is Cc1cc(N2C(=S)N[C@@H](c3ccccn3)[C@H]2c2ccc(-c3ccc(C(=O)O)cc3)o2)ccc1NC(=O)C(C)C. The maximum atomic E-state index is 12.3. The summed E-state index contributed by atoms with van der Waals surface area (Å²) < 4.78 is 6.37. The number of aryl methyl sites for hydroxylation is 1. The lowest BCUT2D eigenvalue weighted by molar-refractivity contribution is -0.118. The zero-order valence-corrected chi connectivity index (χ0v) is 22.5. The van der Waals surface area contributed by atoms with Crippen molar-refractivity contribution >= 4 is 40.6 Å². The van der Waals surface area contributed by atoms with Gasteiger partial charge in [0.05, 0.1) is 17.3 Å². The predicted molar refractivity (Wildman–Crippen MR) is 154 cm³/mol. The molecule has 39 heavy (non-hydrogen) atoms. The number of thiocarbonyl (C=S) groups is 1. The van der Waals surface area contributed by atoms with Crippen molar-refractivity contribution in [1.29, 1.82) is 0 Å². The standard InChI is InChI=1S/C30H28N4O4S/c1-17(2)28(35)32-22-12-11-21(16-18(22)3)34-27(26(33-30(34)39)23-6-4-5-15-31-23)25-14-13-24(38-25)19-7-9-20(10-8-19)29(36)37/h4-17,26-27H,1-3H3,(H,32,35)(H,33,39)(H,36,37)/t26-,27+/m0/s1. The Labute approximate surface area is 231 Å². The molecule has 1 saturated heterocycles. The molecule has 5 rings (SSSR count). The van der Waals surface area contributed by atoms with Crippen LogP contribution >= 0.6 is 12.2 Å². The van der Waals surface area contributed by atoms with Gasteiger partial charge in [-0.25, -0.2) is 4.79 Å². The summed E-state index contributed by atoms with van der Waals surface area (Å²) in [4.78, 5) is 30.1. The number of carbonyl (C=O) groups excluding carboxylic acids is 1. The van der Waals surface area contributed by atoms with Crippen LogP contribution in [0.2, 0.25) is 0 Å². The van der Waals surface area contributed by atoms with Gasteiger partial charge in [0.2, 0.25) is 5.91 Å². The number of amides is 1. The third-order valence-corrected chi connectivity index (χ3v) is 7.02. The van der Waals surface area contributed by atoms with Crippen LogP contribution in [-0.4, -0.2) is 27.1 Å². The number of carboxylic acid groups (broad SMARTS) is 1. The summed E-state index contributed by atoms with van der Waals surface area (Å²) in [5.74, 6) is 0.131. The fourth-order valence-corrected chi connectivity index (χ4v) is 4.93. The highest BCUT2D eigenvalue weighted by Crippen LogP contribution is 2.43. The van der Waals surface area contributed by atoms with E-state index in [2.05, 4.69) is 15.6 Å². The summed E-state index contributed by atoms with van der Waals surface area (Å²) in [7, 11) is 0. The van der Waals surface area contributed by atoms with Gasteiger partial charge in [-0.1, -0.05) is 32.0 Å². The molecule has 0 aliphatic carbocycles. The molecule has 0 unspecified atom stereocenters. The second-order valence-corrected chi connectivity index (χ2v) is 10.1. The molecular formula is C30H28N4O4S. The summed E-state index contributed by atoms with van der Waals surface area (Å²) >= 11 is 5.82. The molecule has 1 aliphatic rings. The lowest BCUT2D eigenvalue weighted by Crippen LogP contribution is -2.29. The van der Waals surface area contributed by atoms with Gasteiger partial charge in [0.25, 0.3) is 0 Å². The Bertz CT molecular complexity index is 1530. The lowest BCUT2D eigenvalue weighted by atomic mass is 10.0. The van der Waals surface area contributed by atoms with E-state index in [0.717, 1.165) is 28.2 Å². The minimum atomic E-state index is -0.980. The molecule has 9 heteroatoms. The zero-order valence-electron chi connectivity index (χ0n) is 21.7. The fourth-order valence-electron chi connectivity index (χ4n) is 4.58. The molecule has 3 N–H and O–H groups in total. The molecule has 1 fully saturated rings. The quantitative estimate of drug-likeness (QED) is 0.241. The molecular weight excluding hydrogens is 512 g/mol. The molecule has 198 valence electrons. The molecule has 0 saturated carbocycles. The Balaban J connectivity index is 1.53. The number of aromatic carboxylic acids is 1. The molecule has 2 aromatic heterocycles. The first-order chi connectivity index (χ1) is 18.7. The minimum Gasteiger partial charge on any atom is -0.478 e. The van der Waals surface area contributed by atoms with Crippen LogP contribution in [0.3, 0.4) is 0 Å². The Morgan fingerprint density at radius 1 is 1.08 bits per heavy atom. The molecule has 1 aliphatic heterocycles. The topological polar surface area (TPSA) is 108 Å². The highest BCUT2D eigenvalue weighted by molar-refractivity contribution is 7.80. The van der Waals surface area contributed by atoms with Crippen LogP contribution in [0.4, 0.5) is 11.4 Å². The van der Waals surface area contributed by atoms with Gasteiger partial charge in [0, 0.05) is 29.1 Å². The fraction of sp³-hybridized carbons (Fsp3) is 0.200. The number of carbonyl (C=O) groups is 2. The Kier molecular flexibility index (Phi) is 7.17. The molecule has 0 bridgehead atoms. The van der Waals surface area contributed by atoms with E-state index in [4.69, 9.17) is 16.6 Å². The summed E-state index contributed by atoms with van der Waals surface area (Å²) in [6, 6.07) is 21.3. The first kappa shape index (κ1) is 26.1. The van der Waals surface area contributed by atoms with Crippen LogP contribution in [0, 0.1) is 12.8 Å². The van der Waals surface area contributed by atoms with Crippen molar-refractivity contribution in [3.8, 4) is 11.3 Å². The van der Waals surface area contributed by atoms with Crippen molar-refractivity contribution in [2.75, 3.05) is 10.2 Å². The Morgan fingerprint density at radius 3 is 2.49 bits per heavy atom. The van der Waals surface area contributed by atoms with Crippen molar-refractivity contribution in [1.82, 2.24) is 10.3 Å². The normalized spacial score (nSPS) is 16.8. The van der Waals surface area contributed by atoms with E-state index in [1.165, 1.54) is 0 Å². The molecule has 3 heterocycles. The van der Waals surface area contributed by atoms with Crippen LogP contribution in [0.5, 0.6) is 0 Å². The van der Waals surface area contributed by atoms with Crippen LogP contribution in [-0.2, 0) is 4.79 Å². The van der Waals surface area contributed by atoms with Crippen LogP contribution in [0.15, 0.2) is 83.4 Å². The highest BCUT2D eigenvalue weighted by Gasteiger charge is 2.42. The summed E-state index contributed by atoms with van der Waals surface area (Å²) in [6.07, 6.45) is 1.74. The summed E-state index contributed by atoms with van der Waals surface area (Å²) in [5.41, 5.74) is 4.29. The van der Waals surface area contributed by atoms with Crippen molar-refractivity contribution < 1.29 is 19.1 Å². The van der Waals surface area contributed by atoms with E-state index in [-0.39, 0.29) is 29.5 Å². The average Bonchev–Trinajstić information content (AvgIpc) is 3.55. The third kappa shape index (κ3) is 5.26. The number of carboxylic acids is 1. The van der Waals surface area contributed by atoms with Crippen molar-refractivity contribution in [3.05, 3.63) is 102 Å². The molecule has 2 aromatic carbocycles. The smallest absolute Gasteiger partial charge is 0.335 e. The number of furan rings is 1. The van der Waals surface area contributed by atoms with Crippen molar-refractivity contribution in [2.45, 2.75) is 32.9 Å². The van der Waals surface area contributed by atoms with Crippen molar-refractivity contribution in [2.24, 2.45) is 5.92 Å². The van der Waals surface area contributed by atoms with Gasteiger partial charge in [-0.2, -0.15) is 0 Å². The largest absolute Gasteiger partial charge is 0.478 e.